The molecule has 2 heterocycles. The molecular weight excluding hydrogens is 320 g/mol. The summed E-state index contributed by atoms with van der Waals surface area (Å²) in [5.74, 6) is -1.33. The minimum atomic E-state index is -1.01. The van der Waals surface area contributed by atoms with Gasteiger partial charge in [-0.15, -0.1) is 0 Å². The maximum Gasteiger partial charge on any atom is 0.326 e. The minimum Gasteiger partial charge on any atom is -0.480 e. The first-order chi connectivity index (χ1) is 10.4. The summed E-state index contributed by atoms with van der Waals surface area (Å²) in [6.45, 7) is 1.98. The molecule has 1 amide bonds. The van der Waals surface area contributed by atoms with Gasteiger partial charge in [-0.05, 0) is 24.1 Å². The van der Waals surface area contributed by atoms with Crippen molar-refractivity contribution in [3.05, 3.63) is 28.9 Å². The van der Waals surface area contributed by atoms with Crippen molar-refractivity contribution in [3.63, 3.8) is 0 Å². The zero-order chi connectivity index (χ0) is 16.3. The van der Waals surface area contributed by atoms with Crippen molar-refractivity contribution in [2.45, 2.75) is 32.2 Å². The van der Waals surface area contributed by atoms with Crippen LogP contribution in [0.2, 0.25) is 0 Å². The van der Waals surface area contributed by atoms with E-state index in [0.29, 0.717) is 15.6 Å². The number of thioether (sulfide) groups is 1. The average Bonchev–Trinajstić information content (AvgIpc) is 2.97. The van der Waals surface area contributed by atoms with Crippen LogP contribution in [0.3, 0.4) is 0 Å². The number of rotatable bonds is 6. The molecule has 0 radical (unpaired) electrons. The maximum absolute atomic E-state index is 12.5. The number of carbonyl (C=O) groups is 2. The van der Waals surface area contributed by atoms with Gasteiger partial charge in [-0.2, -0.15) is 0 Å². The first-order valence-electron chi connectivity index (χ1n) is 7.06. The number of hydrogen-bond donors (Lipinski definition) is 1. The Labute approximate surface area is 139 Å². The molecule has 0 bridgehead atoms. The molecule has 0 saturated carbocycles. The summed E-state index contributed by atoms with van der Waals surface area (Å²) in [7, 11) is 1.90. The Kier molecular flexibility index (Phi) is 5.42. The van der Waals surface area contributed by atoms with Gasteiger partial charge in [0.15, 0.2) is 0 Å². The number of carboxylic acids is 1. The van der Waals surface area contributed by atoms with E-state index in [0.717, 1.165) is 30.2 Å². The molecule has 7 heteroatoms. The number of carboxylic acid groups (broad SMARTS) is 1. The van der Waals surface area contributed by atoms with Crippen molar-refractivity contribution in [2.75, 3.05) is 0 Å². The Hall–Kier alpha value is -1.60. The predicted molar refractivity (Wildman–Crippen MR) is 91.4 cm³/mol. The van der Waals surface area contributed by atoms with Gasteiger partial charge in [0.2, 0.25) is 0 Å². The van der Waals surface area contributed by atoms with E-state index in [4.69, 9.17) is 12.2 Å². The van der Waals surface area contributed by atoms with Crippen LogP contribution >= 0.6 is 24.0 Å². The van der Waals surface area contributed by atoms with E-state index in [1.54, 1.807) is 6.08 Å². The summed E-state index contributed by atoms with van der Waals surface area (Å²) in [6, 6.07) is 1.01. The molecule has 1 saturated heterocycles. The van der Waals surface area contributed by atoms with E-state index in [9.17, 15) is 14.7 Å². The predicted octanol–water partition coefficient (Wildman–Crippen LogP) is 2.87. The lowest BCUT2D eigenvalue weighted by Gasteiger charge is -2.22. The van der Waals surface area contributed by atoms with Crippen molar-refractivity contribution >= 4 is 46.3 Å². The summed E-state index contributed by atoms with van der Waals surface area (Å²) >= 11 is 6.38. The Morgan fingerprint density at radius 3 is 2.82 bits per heavy atom. The number of aliphatic carboxylic acids is 1. The summed E-state index contributed by atoms with van der Waals surface area (Å²) in [4.78, 5) is 25.7. The lowest BCUT2D eigenvalue weighted by Crippen LogP contribution is -2.43. The molecular formula is C15H18N2O3S2. The van der Waals surface area contributed by atoms with Crippen molar-refractivity contribution in [1.82, 2.24) is 9.47 Å². The Morgan fingerprint density at radius 1 is 1.55 bits per heavy atom. The van der Waals surface area contributed by atoms with Gasteiger partial charge in [0, 0.05) is 19.4 Å². The molecule has 1 fully saturated rings. The van der Waals surface area contributed by atoms with E-state index in [1.807, 2.05) is 37.0 Å². The zero-order valence-corrected chi connectivity index (χ0v) is 14.1. The quantitative estimate of drug-likeness (QED) is 0.638. The number of thiocarbonyl (C=S) groups is 1. The largest absolute Gasteiger partial charge is 0.480 e. The molecule has 118 valence electrons. The van der Waals surface area contributed by atoms with Crippen molar-refractivity contribution in [1.29, 1.82) is 0 Å². The van der Waals surface area contributed by atoms with Gasteiger partial charge < -0.3 is 9.67 Å². The Bertz CT molecular complexity index is 636. The molecule has 0 aliphatic carbocycles. The first-order valence-corrected chi connectivity index (χ1v) is 8.28. The highest BCUT2D eigenvalue weighted by Gasteiger charge is 2.40. The Balaban J connectivity index is 2.23. The number of aromatic nitrogens is 1. The van der Waals surface area contributed by atoms with Crippen LogP contribution in [0, 0.1) is 0 Å². The van der Waals surface area contributed by atoms with Crippen LogP contribution < -0.4 is 0 Å². The van der Waals surface area contributed by atoms with E-state index in [1.165, 1.54) is 4.90 Å². The van der Waals surface area contributed by atoms with Gasteiger partial charge in [0.05, 0.1) is 4.91 Å². The standard InChI is InChI=1S/C15H18N2O3S2/c1-3-4-5-11(14(19)20)17-13(18)12(22-15(17)21)8-10-6-7-16(2)9-10/h6-9,11H,3-5H2,1-2H3,(H,19,20)/b12-8+/t11-/m1/s1. The smallest absolute Gasteiger partial charge is 0.326 e. The SMILES string of the molecule is CCCC[C@H](C(=O)O)N1C(=O)/C(=C\c2ccn(C)c2)SC1=S. The number of nitrogens with zero attached hydrogens (tertiary/aromatic N) is 2. The Morgan fingerprint density at radius 2 is 2.27 bits per heavy atom. The fourth-order valence-corrected chi connectivity index (χ4v) is 3.63. The van der Waals surface area contributed by atoms with E-state index in [-0.39, 0.29) is 5.91 Å². The molecule has 1 aromatic heterocycles. The molecule has 0 aromatic carbocycles. The van der Waals surface area contributed by atoms with Crippen LogP contribution in [-0.2, 0) is 16.6 Å². The highest BCUT2D eigenvalue weighted by atomic mass is 32.2. The molecule has 2 rings (SSSR count). The van der Waals surface area contributed by atoms with Crippen LogP contribution in [0.15, 0.2) is 23.4 Å². The van der Waals surface area contributed by atoms with Gasteiger partial charge >= 0.3 is 5.97 Å². The van der Waals surface area contributed by atoms with Crippen LogP contribution in [0.4, 0.5) is 0 Å². The summed E-state index contributed by atoms with van der Waals surface area (Å²) in [5.41, 5.74) is 0.892. The van der Waals surface area contributed by atoms with Crippen molar-refractivity contribution < 1.29 is 14.7 Å². The number of hydrogen-bond acceptors (Lipinski definition) is 4. The monoisotopic (exact) mass is 338 g/mol. The summed E-state index contributed by atoms with van der Waals surface area (Å²) in [6.07, 6.45) is 7.55. The second-order valence-electron chi connectivity index (χ2n) is 5.16. The van der Waals surface area contributed by atoms with Crippen molar-refractivity contribution in [3.8, 4) is 0 Å². The van der Waals surface area contributed by atoms with Crippen LogP contribution in [0.25, 0.3) is 6.08 Å². The lowest BCUT2D eigenvalue weighted by atomic mass is 10.1. The first kappa shape index (κ1) is 16.8. The second-order valence-corrected chi connectivity index (χ2v) is 6.83. The van der Waals surface area contributed by atoms with Crippen LogP contribution in [0.1, 0.15) is 31.7 Å². The van der Waals surface area contributed by atoms with Crippen LogP contribution in [-0.4, -0.2) is 36.8 Å². The molecule has 1 aliphatic heterocycles. The number of unbranched alkanes of at least 4 members (excludes halogenated alkanes) is 1. The third-order valence-corrected chi connectivity index (χ3v) is 4.73. The third-order valence-electron chi connectivity index (χ3n) is 3.40. The molecule has 22 heavy (non-hydrogen) atoms. The molecule has 1 aliphatic rings. The highest BCUT2D eigenvalue weighted by molar-refractivity contribution is 8.26. The highest BCUT2D eigenvalue weighted by Crippen LogP contribution is 2.35. The molecule has 1 N–H and O–H groups in total. The summed E-state index contributed by atoms with van der Waals surface area (Å²) < 4.78 is 2.20. The topological polar surface area (TPSA) is 62.5 Å². The third kappa shape index (κ3) is 3.59. The van der Waals surface area contributed by atoms with Gasteiger partial charge in [0.25, 0.3) is 5.91 Å². The summed E-state index contributed by atoms with van der Waals surface area (Å²) in [5, 5.41) is 9.39. The van der Waals surface area contributed by atoms with Gasteiger partial charge in [0.1, 0.15) is 10.4 Å². The number of carbonyl (C=O) groups excluding carboxylic acids is 1. The zero-order valence-electron chi connectivity index (χ0n) is 12.5. The second kappa shape index (κ2) is 7.11. The van der Waals surface area contributed by atoms with Gasteiger partial charge in [-0.1, -0.05) is 43.7 Å². The molecule has 5 nitrogen and oxygen atoms in total. The van der Waals surface area contributed by atoms with E-state index in [2.05, 4.69) is 0 Å². The normalized spacial score (nSPS) is 18.3. The minimum absolute atomic E-state index is 0.315. The number of aryl methyl sites for hydroxylation is 1. The van der Waals surface area contributed by atoms with Gasteiger partial charge in [-0.25, -0.2) is 4.79 Å². The maximum atomic E-state index is 12.5. The lowest BCUT2D eigenvalue weighted by molar-refractivity contribution is -0.145. The van der Waals surface area contributed by atoms with Gasteiger partial charge in [-0.3, -0.25) is 9.69 Å². The molecule has 0 unspecified atom stereocenters. The fraction of sp³-hybridized carbons (Fsp3) is 0.400. The van der Waals surface area contributed by atoms with Crippen molar-refractivity contribution in [2.24, 2.45) is 7.05 Å². The molecule has 1 atom stereocenters. The fourth-order valence-electron chi connectivity index (χ4n) is 2.27. The van der Waals surface area contributed by atoms with E-state index < -0.39 is 12.0 Å². The van der Waals surface area contributed by atoms with E-state index >= 15 is 0 Å². The molecule has 1 aromatic rings. The number of amides is 1. The van der Waals surface area contributed by atoms with Crippen LogP contribution in [0.5, 0.6) is 0 Å². The average molecular weight is 338 g/mol. The molecule has 0 spiro atoms.